The number of nitrogen functional groups attached to an aromatic ring is 1. The van der Waals surface area contributed by atoms with Gasteiger partial charge in [0, 0.05) is 18.8 Å². The van der Waals surface area contributed by atoms with Crippen LogP contribution in [0.25, 0.3) is 0 Å². The number of nitrogens with zero attached hydrogens (tertiary/aromatic N) is 1. The van der Waals surface area contributed by atoms with Crippen molar-refractivity contribution in [3.05, 3.63) is 52.2 Å². The van der Waals surface area contributed by atoms with Crippen LogP contribution in [0.1, 0.15) is 18.1 Å². The first-order valence-electron chi connectivity index (χ1n) is 5.86. The maximum Gasteiger partial charge on any atom is 0.0317 e. The second-order valence-electron chi connectivity index (χ2n) is 4.18. The monoisotopic (exact) mass is 246 g/mol. The zero-order chi connectivity index (χ0) is 12.1. The summed E-state index contributed by atoms with van der Waals surface area (Å²) in [7, 11) is 0. The Morgan fingerprint density at radius 3 is 2.65 bits per heavy atom. The smallest absolute Gasteiger partial charge is 0.0317 e. The lowest BCUT2D eigenvalue weighted by atomic mass is 10.2. The molecule has 0 fully saturated rings. The second-order valence-corrected chi connectivity index (χ2v) is 4.96. The molecular formula is C14H18N2S. The van der Waals surface area contributed by atoms with E-state index in [9.17, 15) is 0 Å². The summed E-state index contributed by atoms with van der Waals surface area (Å²) in [6.45, 7) is 5.20. The van der Waals surface area contributed by atoms with Gasteiger partial charge in [-0.15, -0.1) is 0 Å². The Bertz CT molecular complexity index is 451. The minimum atomic E-state index is 0.842. The van der Waals surface area contributed by atoms with Crippen molar-refractivity contribution >= 4 is 17.0 Å². The molecule has 0 unspecified atom stereocenters. The number of nitrogens with two attached hydrogens (primary N) is 1. The van der Waals surface area contributed by atoms with E-state index in [-0.39, 0.29) is 0 Å². The highest BCUT2D eigenvalue weighted by Crippen LogP contribution is 2.13. The summed E-state index contributed by atoms with van der Waals surface area (Å²) in [4.78, 5) is 2.41. The normalized spacial score (nSPS) is 10.9. The number of anilines is 1. The van der Waals surface area contributed by atoms with E-state index in [0.717, 1.165) is 25.3 Å². The molecule has 0 amide bonds. The zero-order valence-corrected chi connectivity index (χ0v) is 10.9. The zero-order valence-electron chi connectivity index (χ0n) is 10.1. The van der Waals surface area contributed by atoms with E-state index in [1.807, 2.05) is 12.1 Å². The van der Waals surface area contributed by atoms with Crippen molar-refractivity contribution < 1.29 is 0 Å². The van der Waals surface area contributed by atoms with Crippen LogP contribution in [0.4, 0.5) is 5.69 Å². The Kier molecular flexibility index (Phi) is 4.18. The minimum Gasteiger partial charge on any atom is -0.399 e. The second kappa shape index (κ2) is 5.84. The summed E-state index contributed by atoms with van der Waals surface area (Å²) in [5.41, 5.74) is 9.31. The molecule has 0 bridgehead atoms. The Hall–Kier alpha value is -1.32. The lowest BCUT2D eigenvalue weighted by Crippen LogP contribution is -2.22. The van der Waals surface area contributed by atoms with Crippen molar-refractivity contribution in [2.45, 2.75) is 20.0 Å². The molecule has 2 rings (SSSR count). The third-order valence-electron chi connectivity index (χ3n) is 2.79. The van der Waals surface area contributed by atoms with Crippen LogP contribution < -0.4 is 5.73 Å². The summed E-state index contributed by atoms with van der Waals surface area (Å²) in [6, 6.07) is 10.3. The molecule has 2 aromatic rings. The summed E-state index contributed by atoms with van der Waals surface area (Å²) in [5, 5.41) is 4.34. The van der Waals surface area contributed by atoms with E-state index < -0.39 is 0 Å². The van der Waals surface area contributed by atoms with Gasteiger partial charge in [0.05, 0.1) is 0 Å². The molecule has 1 aromatic carbocycles. The molecule has 1 heterocycles. The molecule has 0 saturated carbocycles. The van der Waals surface area contributed by atoms with Gasteiger partial charge in [0.25, 0.3) is 0 Å². The Morgan fingerprint density at radius 1 is 1.18 bits per heavy atom. The molecule has 17 heavy (non-hydrogen) atoms. The van der Waals surface area contributed by atoms with Crippen LogP contribution in [0.15, 0.2) is 41.1 Å². The van der Waals surface area contributed by atoms with Gasteiger partial charge in [0.2, 0.25) is 0 Å². The van der Waals surface area contributed by atoms with Gasteiger partial charge in [0.15, 0.2) is 0 Å². The van der Waals surface area contributed by atoms with Gasteiger partial charge >= 0.3 is 0 Å². The molecular weight excluding hydrogens is 228 g/mol. The highest BCUT2D eigenvalue weighted by Gasteiger charge is 2.05. The van der Waals surface area contributed by atoms with Crippen LogP contribution in [0, 0.1) is 0 Å². The van der Waals surface area contributed by atoms with Gasteiger partial charge in [-0.05, 0) is 46.6 Å². The SMILES string of the molecule is CCN(Cc1ccsc1)Cc1cccc(N)c1. The van der Waals surface area contributed by atoms with E-state index in [0.29, 0.717) is 0 Å². The van der Waals surface area contributed by atoms with Crippen molar-refractivity contribution in [3.8, 4) is 0 Å². The summed E-state index contributed by atoms with van der Waals surface area (Å²) < 4.78 is 0. The average Bonchev–Trinajstić information content (AvgIpc) is 2.81. The van der Waals surface area contributed by atoms with Crippen molar-refractivity contribution in [1.29, 1.82) is 0 Å². The fourth-order valence-corrected chi connectivity index (χ4v) is 2.53. The number of hydrogen-bond donors (Lipinski definition) is 1. The number of rotatable bonds is 5. The lowest BCUT2D eigenvalue weighted by Gasteiger charge is -2.20. The van der Waals surface area contributed by atoms with Crippen molar-refractivity contribution in [1.82, 2.24) is 4.90 Å². The molecule has 2 N–H and O–H groups in total. The van der Waals surface area contributed by atoms with E-state index in [4.69, 9.17) is 5.73 Å². The Labute approximate surface area is 107 Å². The van der Waals surface area contributed by atoms with Crippen molar-refractivity contribution in [3.63, 3.8) is 0 Å². The van der Waals surface area contributed by atoms with Crippen LogP contribution >= 0.6 is 11.3 Å². The minimum absolute atomic E-state index is 0.842. The maximum atomic E-state index is 5.79. The van der Waals surface area contributed by atoms with Crippen LogP contribution in [-0.4, -0.2) is 11.4 Å². The van der Waals surface area contributed by atoms with Gasteiger partial charge in [0.1, 0.15) is 0 Å². The Morgan fingerprint density at radius 2 is 2.00 bits per heavy atom. The van der Waals surface area contributed by atoms with Crippen LogP contribution in [0.3, 0.4) is 0 Å². The Balaban J connectivity index is 2.00. The summed E-state index contributed by atoms with van der Waals surface area (Å²) in [5.74, 6) is 0. The molecule has 0 aliphatic carbocycles. The third kappa shape index (κ3) is 3.58. The number of thiophene rings is 1. The average molecular weight is 246 g/mol. The largest absolute Gasteiger partial charge is 0.399 e. The van der Waals surface area contributed by atoms with Crippen LogP contribution in [0.2, 0.25) is 0 Å². The van der Waals surface area contributed by atoms with Gasteiger partial charge in [-0.2, -0.15) is 11.3 Å². The first-order valence-corrected chi connectivity index (χ1v) is 6.80. The van der Waals surface area contributed by atoms with E-state index in [1.54, 1.807) is 11.3 Å². The molecule has 0 aliphatic rings. The highest BCUT2D eigenvalue weighted by molar-refractivity contribution is 7.07. The lowest BCUT2D eigenvalue weighted by molar-refractivity contribution is 0.272. The fraction of sp³-hybridized carbons (Fsp3) is 0.286. The first kappa shape index (κ1) is 12.1. The quantitative estimate of drug-likeness (QED) is 0.820. The first-order chi connectivity index (χ1) is 8.28. The number of hydrogen-bond acceptors (Lipinski definition) is 3. The molecule has 3 heteroatoms. The standard InChI is InChI=1S/C14H18N2S/c1-2-16(10-13-6-7-17-11-13)9-12-4-3-5-14(15)8-12/h3-8,11H,2,9-10,15H2,1H3. The molecule has 2 nitrogen and oxygen atoms in total. The van der Waals surface area contributed by atoms with Gasteiger partial charge in [-0.1, -0.05) is 19.1 Å². The number of benzene rings is 1. The van der Waals surface area contributed by atoms with Gasteiger partial charge < -0.3 is 5.73 Å². The van der Waals surface area contributed by atoms with Gasteiger partial charge in [-0.3, -0.25) is 4.90 Å². The van der Waals surface area contributed by atoms with E-state index >= 15 is 0 Å². The predicted octanol–water partition coefficient (Wildman–Crippen LogP) is 3.35. The van der Waals surface area contributed by atoms with E-state index in [1.165, 1.54) is 11.1 Å². The van der Waals surface area contributed by atoms with Gasteiger partial charge in [-0.25, -0.2) is 0 Å². The molecule has 0 saturated heterocycles. The molecule has 0 radical (unpaired) electrons. The molecule has 90 valence electrons. The van der Waals surface area contributed by atoms with E-state index in [2.05, 4.69) is 40.8 Å². The summed E-state index contributed by atoms with van der Waals surface area (Å²) in [6.07, 6.45) is 0. The van der Waals surface area contributed by atoms with Crippen LogP contribution in [0.5, 0.6) is 0 Å². The van der Waals surface area contributed by atoms with Crippen molar-refractivity contribution in [2.75, 3.05) is 12.3 Å². The molecule has 1 aromatic heterocycles. The third-order valence-corrected chi connectivity index (χ3v) is 3.52. The van der Waals surface area contributed by atoms with Crippen molar-refractivity contribution in [2.24, 2.45) is 0 Å². The topological polar surface area (TPSA) is 29.3 Å². The predicted molar refractivity (Wildman–Crippen MR) is 75.0 cm³/mol. The molecule has 0 atom stereocenters. The fourth-order valence-electron chi connectivity index (χ4n) is 1.87. The maximum absolute atomic E-state index is 5.79. The highest BCUT2D eigenvalue weighted by atomic mass is 32.1. The summed E-state index contributed by atoms with van der Waals surface area (Å²) >= 11 is 1.75. The molecule has 0 spiro atoms. The molecule has 0 aliphatic heterocycles. The van der Waals surface area contributed by atoms with Crippen LogP contribution in [-0.2, 0) is 13.1 Å².